The van der Waals surface area contributed by atoms with E-state index in [9.17, 15) is 4.79 Å². The Bertz CT molecular complexity index is 1320. The van der Waals surface area contributed by atoms with Crippen LogP contribution in [0.15, 0.2) is 70.6 Å². The first-order valence-corrected chi connectivity index (χ1v) is 13.9. The van der Waals surface area contributed by atoms with Gasteiger partial charge in [0.1, 0.15) is 12.4 Å². The zero-order chi connectivity index (χ0) is 26.4. The van der Waals surface area contributed by atoms with Crippen molar-refractivity contribution in [1.29, 1.82) is 0 Å². The van der Waals surface area contributed by atoms with E-state index in [1.165, 1.54) is 17.3 Å². The fraction of sp³-hybridized carbons (Fsp3) is 0.241. The molecule has 4 rings (SSSR count). The fourth-order valence-corrected chi connectivity index (χ4v) is 5.55. The average molecular weight is 629 g/mol. The second-order valence-electron chi connectivity index (χ2n) is 8.29. The van der Waals surface area contributed by atoms with Crippen molar-refractivity contribution in [2.45, 2.75) is 27.4 Å². The van der Waals surface area contributed by atoms with Crippen LogP contribution in [0.4, 0.5) is 5.69 Å². The molecule has 1 aliphatic heterocycles. The molecule has 1 amide bonds. The van der Waals surface area contributed by atoms with E-state index in [0.717, 1.165) is 26.1 Å². The van der Waals surface area contributed by atoms with Crippen molar-refractivity contribution in [3.05, 3.63) is 85.8 Å². The minimum Gasteiger partial charge on any atom is -0.497 e. The lowest BCUT2D eigenvalue weighted by atomic mass is 10.1. The summed E-state index contributed by atoms with van der Waals surface area (Å²) in [5.41, 5.74) is 3.93. The molecule has 1 fully saturated rings. The van der Waals surface area contributed by atoms with Gasteiger partial charge in [-0.25, -0.2) is 4.99 Å². The van der Waals surface area contributed by atoms with Crippen molar-refractivity contribution in [3.8, 4) is 17.2 Å². The molecule has 0 spiro atoms. The zero-order valence-corrected chi connectivity index (χ0v) is 24.3. The maximum atomic E-state index is 13.2. The number of amidine groups is 1. The number of benzene rings is 3. The lowest BCUT2D eigenvalue weighted by Crippen LogP contribution is -2.28. The van der Waals surface area contributed by atoms with Gasteiger partial charge in [0.2, 0.25) is 0 Å². The summed E-state index contributed by atoms with van der Waals surface area (Å²) in [6, 6.07) is 19.7. The van der Waals surface area contributed by atoms with E-state index < -0.39 is 0 Å². The average Bonchev–Trinajstić information content (AvgIpc) is 3.18. The molecule has 0 unspecified atom stereocenters. The quantitative estimate of drug-likeness (QED) is 0.185. The van der Waals surface area contributed by atoms with Crippen LogP contribution in [0.1, 0.15) is 30.5 Å². The van der Waals surface area contributed by atoms with Gasteiger partial charge in [-0.15, -0.1) is 0 Å². The molecule has 37 heavy (non-hydrogen) atoms. The number of hydrogen-bond donors (Lipinski definition) is 0. The van der Waals surface area contributed by atoms with Crippen LogP contribution in [0.2, 0.25) is 0 Å². The molecule has 0 atom stereocenters. The van der Waals surface area contributed by atoms with Gasteiger partial charge in [-0.2, -0.15) is 0 Å². The molecule has 0 radical (unpaired) electrons. The van der Waals surface area contributed by atoms with Gasteiger partial charge in [0.25, 0.3) is 5.91 Å². The van der Waals surface area contributed by atoms with E-state index in [1.807, 2.05) is 56.3 Å². The molecule has 0 saturated carbocycles. The number of aliphatic imine (C=N–C) groups is 1. The Hall–Kier alpha value is -2.98. The first-order valence-electron chi connectivity index (χ1n) is 12.0. The standard InChI is InChI=1S/C29H29IN2O4S/c1-5-32-28(33)26(37-29(32)31-22-11-13-23(34-4)14-12-22)17-21-15-24(30)27(25(16-21)35-6-2)36-18-20-9-7-19(3)8-10-20/h7-17H,5-6,18H2,1-4H3/b26-17+,31-29?. The Labute approximate surface area is 235 Å². The Kier molecular flexibility index (Phi) is 9.15. The lowest BCUT2D eigenvalue weighted by Gasteiger charge is -2.15. The van der Waals surface area contributed by atoms with Crippen LogP contribution in [0.25, 0.3) is 6.08 Å². The number of carbonyl (C=O) groups excluding carboxylic acids is 1. The van der Waals surface area contributed by atoms with E-state index >= 15 is 0 Å². The van der Waals surface area contributed by atoms with E-state index in [0.29, 0.717) is 41.3 Å². The maximum absolute atomic E-state index is 13.2. The molecule has 0 N–H and O–H groups in total. The molecule has 3 aromatic carbocycles. The van der Waals surface area contributed by atoms with Crippen molar-refractivity contribution < 1.29 is 19.0 Å². The largest absolute Gasteiger partial charge is 0.497 e. The van der Waals surface area contributed by atoms with Crippen molar-refractivity contribution >= 4 is 57.2 Å². The second-order valence-corrected chi connectivity index (χ2v) is 10.5. The number of amides is 1. The normalized spacial score (nSPS) is 15.5. The lowest BCUT2D eigenvalue weighted by molar-refractivity contribution is -0.122. The zero-order valence-electron chi connectivity index (χ0n) is 21.3. The van der Waals surface area contributed by atoms with Crippen LogP contribution in [0.5, 0.6) is 17.2 Å². The van der Waals surface area contributed by atoms with Gasteiger partial charge in [-0.3, -0.25) is 9.69 Å². The summed E-state index contributed by atoms with van der Waals surface area (Å²) in [7, 11) is 1.63. The van der Waals surface area contributed by atoms with Crippen LogP contribution >= 0.6 is 34.4 Å². The maximum Gasteiger partial charge on any atom is 0.266 e. The third kappa shape index (κ3) is 6.67. The Morgan fingerprint density at radius 2 is 1.76 bits per heavy atom. The molecular weight excluding hydrogens is 599 g/mol. The van der Waals surface area contributed by atoms with E-state index in [2.05, 4.69) is 53.8 Å². The molecular formula is C29H29IN2O4S. The fourth-order valence-electron chi connectivity index (χ4n) is 3.70. The Morgan fingerprint density at radius 1 is 1.03 bits per heavy atom. The van der Waals surface area contributed by atoms with Crippen molar-refractivity contribution in [3.63, 3.8) is 0 Å². The Morgan fingerprint density at radius 3 is 2.41 bits per heavy atom. The van der Waals surface area contributed by atoms with Crippen molar-refractivity contribution in [2.24, 2.45) is 4.99 Å². The first-order chi connectivity index (χ1) is 17.9. The number of rotatable bonds is 9. The van der Waals surface area contributed by atoms with Gasteiger partial charge in [0, 0.05) is 6.54 Å². The highest BCUT2D eigenvalue weighted by atomic mass is 127. The minimum atomic E-state index is -0.0626. The highest BCUT2D eigenvalue weighted by molar-refractivity contribution is 14.1. The molecule has 6 nitrogen and oxygen atoms in total. The van der Waals surface area contributed by atoms with Gasteiger partial charge < -0.3 is 14.2 Å². The second kappa shape index (κ2) is 12.5. The van der Waals surface area contributed by atoms with Crippen LogP contribution in [-0.4, -0.2) is 36.2 Å². The topological polar surface area (TPSA) is 60.4 Å². The SMILES string of the molecule is CCOc1cc(/C=C2/SC(=Nc3ccc(OC)cc3)N(CC)C2=O)cc(I)c1OCc1ccc(C)cc1. The van der Waals surface area contributed by atoms with Gasteiger partial charge in [0.15, 0.2) is 16.7 Å². The third-order valence-electron chi connectivity index (χ3n) is 5.63. The van der Waals surface area contributed by atoms with Crippen LogP contribution in [-0.2, 0) is 11.4 Å². The highest BCUT2D eigenvalue weighted by Gasteiger charge is 2.32. The summed E-state index contributed by atoms with van der Waals surface area (Å²) in [5.74, 6) is 2.06. The number of hydrogen-bond acceptors (Lipinski definition) is 6. The summed E-state index contributed by atoms with van der Waals surface area (Å²) in [6.45, 7) is 7.44. The summed E-state index contributed by atoms with van der Waals surface area (Å²) in [6.07, 6.45) is 1.89. The number of methoxy groups -OCH3 is 1. The van der Waals surface area contributed by atoms with Crippen molar-refractivity contribution in [1.82, 2.24) is 4.90 Å². The molecule has 8 heteroatoms. The number of nitrogens with zero attached hydrogens (tertiary/aromatic N) is 2. The van der Waals surface area contributed by atoms with E-state index in [1.54, 1.807) is 12.0 Å². The minimum absolute atomic E-state index is 0.0626. The van der Waals surface area contributed by atoms with Crippen molar-refractivity contribution in [2.75, 3.05) is 20.3 Å². The molecule has 0 bridgehead atoms. The summed E-state index contributed by atoms with van der Waals surface area (Å²) < 4.78 is 18.2. The first kappa shape index (κ1) is 27.1. The Balaban J connectivity index is 1.59. The number of likely N-dealkylation sites (N-methyl/N-ethyl adjacent to an activating group) is 1. The number of halogens is 1. The van der Waals surface area contributed by atoms with E-state index in [4.69, 9.17) is 19.2 Å². The number of carbonyl (C=O) groups is 1. The number of ether oxygens (including phenoxy) is 3. The van der Waals surface area contributed by atoms with Crippen LogP contribution < -0.4 is 14.2 Å². The molecule has 3 aromatic rings. The van der Waals surface area contributed by atoms with Gasteiger partial charge in [-0.1, -0.05) is 29.8 Å². The molecule has 1 heterocycles. The van der Waals surface area contributed by atoms with E-state index in [-0.39, 0.29) is 5.91 Å². The highest BCUT2D eigenvalue weighted by Crippen LogP contribution is 2.38. The number of aryl methyl sites for hydroxylation is 1. The van der Waals surface area contributed by atoms with Crippen LogP contribution in [0, 0.1) is 10.5 Å². The summed E-state index contributed by atoms with van der Waals surface area (Å²) in [5, 5.41) is 0.654. The van der Waals surface area contributed by atoms with Crippen LogP contribution in [0.3, 0.4) is 0 Å². The molecule has 0 aromatic heterocycles. The molecule has 1 saturated heterocycles. The molecule has 0 aliphatic carbocycles. The predicted molar refractivity (Wildman–Crippen MR) is 159 cm³/mol. The predicted octanol–water partition coefficient (Wildman–Crippen LogP) is 7.21. The summed E-state index contributed by atoms with van der Waals surface area (Å²) in [4.78, 5) is 20.2. The summed E-state index contributed by atoms with van der Waals surface area (Å²) >= 11 is 3.63. The monoisotopic (exact) mass is 628 g/mol. The van der Waals surface area contributed by atoms with Gasteiger partial charge in [0.05, 0.1) is 27.9 Å². The smallest absolute Gasteiger partial charge is 0.266 e. The van der Waals surface area contributed by atoms with Gasteiger partial charge in [-0.05, 0) is 109 Å². The number of thioether (sulfide) groups is 1. The molecule has 1 aliphatic rings. The third-order valence-corrected chi connectivity index (χ3v) is 7.44. The molecule has 192 valence electrons. The van der Waals surface area contributed by atoms with Gasteiger partial charge >= 0.3 is 0 Å².